The summed E-state index contributed by atoms with van der Waals surface area (Å²) in [5.74, 6) is 0.653. The highest BCUT2D eigenvalue weighted by Crippen LogP contribution is 2.22. The molecule has 3 rings (SSSR count). The van der Waals surface area contributed by atoms with Crippen LogP contribution in [-0.4, -0.2) is 34.6 Å². The monoisotopic (exact) mass is 472 g/mol. The lowest BCUT2D eigenvalue weighted by Gasteiger charge is -2.31. The highest BCUT2D eigenvalue weighted by atomic mass is 35.5. The third-order valence-electron chi connectivity index (χ3n) is 5.96. The van der Waals surface area contributed by atoms with Crippen LogP contribution in [0, 0.1) is 6.92 Å². The van der Waals surface area contributed by atoms with Crippen LogP contribution in [0.4, 0.5) is 0 Å². The quantitative estimate of drug-likeness (QED) is 0.431. The Bertz CT molecular complexity index is 880. The van der Waals surface area contributed by atoms with E-state index in [4.69, 9.17) is 11.6 Å². The lowest BCUT2D eigenvalue weighted by molar-refractivity contribution is -0.141. The van der Waals surface area contributed by atoms with Crippen LogP contribution in [0.5, 0.6) is 0 Å². The van der Waals surface area contributed by atoms with Crippen molar-refractivity contribution < 1.29 is 9.59 Å². The molecule has 0 heterocycles. The molecule has 2 aromatic rings. The maximum Gasteiger partial charge on any atom is 0.243 e. The summed E-state index contributed by atoms with van der Waals surface area (Å²) in [4.78, 5) is 29.3. The molecule has 0 radical (unpaired) electrons. The van der Waals surface area contributed by atoms with Gasteiger partial charge >= 0.3 is 0 Å². The summed E-state index contributed by atoms with van der Waals surface area (Å²) in [6, 6.07) is 15.6. The average Bonchev–Trinajstić information content (AvgIpc) is 3.29. The number of benzene rings is 2. The first-order valence-corrected chi connectivity index (χ1v) is 12.9. The van der Waals surface area contributed by atoms with Gasteiger partial charge in [-0.25, -0.2) is 0 Å². The summed E-state index contributed by atoms with van der Waals surface area (Å²) in [5.41, 5.74) is 2.19. The van der Waals surface area contributed by atoms with Crippen molar-refractivity contribution >= 4 is 35.2 Å². The smallest absolute Gasteiger partial charge is 0.243 e. The summed E-state index contributed by atoms with van der Waals surface area (Å²) in [7, 11) is 0. The Morgan fingerprint density at radius 3 is 2.38 bits per heavy atom. The van der Waals surface area contributed by atoms with E-state index >= 15 is 0 Å². The molecule has 0 saturated heterocycles. The molecule has 1 aliphatic carbocycles. The summed E-state index contributed by atoms with van der Waals surface area (Å²) in [6.07, 6.45) is 5.35. The van der Waals surface area contributed by atoms with Crippen LogP contribution in [0.2, 0.25) is 5.02 Å². The molecule has 4 nitrogen and oxygen atoms in total. The number of hydrogen-bond acceptors (Lipinski definition) is 3. The number of hydrogen-bond donors (Lipinski definition) is 1. The SMILES string of the molecule is CC[C@@H](C(=O)NC1CCCC1)N(Cc1ccc(Cl)cc1)C(=O)CCSc1ccc(C)cc1. The minimum atomic E-state index is -0.469. The van der Waals surface area contributed by atoms with E-state index in [1.54, 1.807) is 16.7 Å². The fourth-order valence-corrected chi connectivity index (χ4v) is 5.07. The number of aryl methyl sites for hydroxylation is 1. The van der Waals surface area contributed by atoms with Gasteiger partial charge in [0.25, 0.3) is 0 Å². The first-order chi connectivity index (χ1) is 15.5. The Labute approximate surface area is 201 Å². The van der Waals surface area contributed by atoms with E-state index in [9.17, 15) is 9.59 Å². The van der Waals surface area contributed by atoms with E-state index < -0.39 is 6.04 Å². The molecule has 2 amide bonds. The maximum absolute atomic E-state index is 13.3. The molecule has 32 heavy (non-hydrogen) atoms. The molecule has 1 fully saturated rings. The van der Waals surface area contributed by atoms with Gasteiger partial charge in [-0.05, 0) is 56.0 Å². The molecule has 1 N–H and O–H groups in total. The van der Waals surface area contributed by atoms with E-state index in [1.165, 1.54) is 5.56 Å². The highest BCUT2D eigenvalue weighted by Gasteiger charge is 2.30. The van der Waals surface area contributed by atoms with Crippen LogP contribution < -0.4 is 5.32 Å². The number of amides is 2. The molecule has 172 valence electrons. The zero-order valence-corrected chi connectivity index (χ0v) is 20.6. The molecule has 2 aromatic carbocycles. The number of nitrogens with zero attached hydrogens (tertiary/aromatic N) is 1. The molecule has 1 saturated carbocycles. The van der Waals surface area contributed by atoms with Crippen molar-refractivity contribution in [1.29, 1.82) is 0 Å². The average molecular weight is 473 g/mol. The van der Waals surface area contributed by atoms with Gasteiger partial charge in [-0.3, -0.25) is 9.59 Å². The number of carbonyl (C=O) groups is 2. The molecule has 1 aliphatic rings. The second kappa shape index (κ2) is 12.3. The van der Waals surface area contributed by atoms with Crippen molar-refractivity contribution in [2.24, 2.45) is 0 Å². The number of carbonyl (C=O) groups excluding carboxylic acids is 2. The molecular weight excluding hydrogens is 440 g/mol. The van der Waals surface area contributed by atoms with Crippen molar-refractivity contribution in [2.45, 2.75) is 75.9 Å². The second-order valence-corrected chi connectivity index (χ2v) is 10.1. The van der Waals surface area contributed by atoms with Crippen LogP contribution in [0.1, 0.15) is 56.6 Å². The molecular formula is C26H33ClN2O2S. The summed E-state index contributed by atoms with van der Waals surface area (Å²) in [5, 5.41) is 3.85. The van der Waals surface area contributed by atoms with Crippen molar-refractivity contribution in [3.05, 3.63) is 64.7 Å². The van der Waals surface area contributed by atoms with E-state index in [0.717, 1.165) is 36.1 Å². The number of rotatable bonds is 10. The lowest BCUT2D eigenvalue weighted by atomic mass is 10.1. The highest BCUT2D eigenvalue weighted by molar-refractivity contribution is 7.99. The maximum atomic E-state index is 13.3. The van der Waals surface area contributed by atoms with Crippen LogP contribution in [0.3, 0.4) is 0 Å². The van der Waals surface area contributed by atoms with Crippen molar-refractivity contribution in [3.63, 3.8) is 0 Å². The Morgan fingerprint density at radius 1 is 1.09 bits per heavy atom. The minimum absolute atomic E-state index is 0.00739. The summed E-state index contributed by atoms with van der Waals surface area (Å²) in [6.45, 7) is 4.44. The Morgan fingerprint density at radius 2 is 1.75 bits per heavy atom. The third-order valence-corrected chi connectivity index (χ3v) is 7.23. The fraction of sp³-hybridized carbons (Fsp3) is 0.462. The Kier molecular flexibility index (Phi) is 9.49. The second-order valence-electron chi connectivity index (χ2n) is 8.47. The molecule has 0 bridgehead atoms. The Hall–Kier alpha value is -1.98. The van der Waals surface area contributed by atoms with Gasteiger partial charge < -0.3 is 10.2 Å². The predicted octanol–water partition coefficient (Wildman–Crippen LogP) is 6.00. The van der Waals surface area contributed by atoms with Gasteiger partial charge in [0.05, 0.1) is 0 Å². The standard InChI is InChI=1S/C26H33ClN2O2S/c1-3-24(26(31)28-22-6-4-5-7-22)29(18-20-10-12-21(27)13-11-20)25(30)16-17-32-23-14-8-19(2)9-15-23/h8-15,22,24H,3-7,16-18H2,1-2H3,(H,28,31)/t24-/m0/s1. The fourth-order valence-electron chi connectivity index (χ4n) is 4.11. The van der Waals surface area contributed by atoms with E-state index in [0.29, 0.717) is 30.2 Å². The molecule has 6 heteroatoms. The van der Waals surface area contributed by atoms with Crippen LogP contribution in [-0.2, 0) is 16.1 Å². The number of halogens is 1. The number of nitrogens with one attached hydrogen (secondary N) is 1. The van der Waals surface area contributed by atoms with Gasteiger partial charge in [-0.15, -0.1) is 11.8 Å². The van der Waals surface area contributed by atoms with E-state index in [1.807, 2.05) is 31.2 Å². The predicted molar refractivity (Wildman–Crippen MR) is 133 cm³/mol. The zero-order chi connectivity index (χ0) is 22.9. The van der Waals surface area contributed by atoms with E-state index in [-0.39, 0.29) is 17.9 Å². The molecule has 0 spiro atoms. The van der Waals surface area contributed by atoms with Gasteiger partial charge in [0.1, 0.15) is 6.04 Å². The van der Waals surface area contributed by atoms with Gasteiger partial charge in [-0.2, -0.15) is 0 Å². The van der Waals surface area contributed by atoms with E-state index in [2.05, 4.69) is 36.5 Å². The first-order valence-electron chi connectivity index (χ1n) is 11.5. The van der Waals surface area contributed by atoms with Crippen LogP contribution >= 0.6 is 23.4 Å². The number of thioether (sulfide) groups is 1. The Balaban J connectivity index is 1.68. The summed E-state index contributed by atoms with van der Waals surface area (Å²) >= 11 is 7.71. The van der Waals surface area contributed by atoms with Crippen LogP contribution in [0.15, 0.2) is 53.4 Å². The minimum Gasteiger partial charge on any atom is -0.352 e. The lowest BCUT2D eigenvalue weighted by Crippen LogP contribution is -2.51. The normalized spacial score (nSPS) is 14.8. The van der Waals surface area contributed by atoms with Crippen molar-refractivity contribution in [1.82, 2.24) is 10.2 Å². The molecule has 0 aromatic heterocycles. The van der Waals surface area contributed by atoms with Gasteiger partial charge in [-0.1, -0.05) is 61.2 Å². The topological polar surface area (TPSA) is 49.4 Å². The van der Waals surface area contributed by atoms with Crippen molar-refractivity contribution in [3.8, 4) is 0 Å². The van der Waals surface area contributed by atoms with Gasteiger partial charge in [0.2, 0.25) is 11.8 Å². The van der Waals surface area contributed by atoms with Crippen LogP contribution in [0.25, 0.3) is 0 Å². The molecule has 0 unspecified atom stereocenters. The molecule has 0 aliphatic heterocycles. The third kappa shape index (κ3) is 7.28. The summed E-state index contributed by atoms with van der Waals surface area (Å²) < 4.78 is 0. The van der Waals surface area contributed by atoms with Crippen molar-refractivity contribution in [2.75, 3.05) is 5.75 Å². The first kappa shape index (κ1) is 24.7. The largest absolute Gasteiger partial charge is 0.352 e. The van der Waals surface area contributed by atoms with Gasteiger partial charge in [0.15, 0.2) is 0 Å². The van der Waals surface area contributed by atoms with Gasteiger partial charge in [0, 0.05) is 34.7 Å². The zero-order valence-electron chi connectivity index (χ0n) is 19.0. The molecule has 1 atom stereocenters.